The molecule has 18 heavy (non-hydrogen) atoms. The van der Waals surface area contributed by atoms with Crippen LogP contribution in [0.25, 0.3) is 0 Å². The molecular formula is C14H24N2OSi. The van der Waals surface area contributed by atoms with Crippen molar-refractivity contribution in [3.8, 4) is 0 Å². The molecule has 1 aromatic carbocycles. The first-order valence-corrected chi connectivity index (χ1v) is 9.22. The molecule has 0 radical (unpaired) electrons. The maximum atomic E-state index is 6.83. The highest BCUT2D eigenvalue weighted by Gasteiger charge is 2.36. The molecule has 0 heterocycles. The molecular weight excluding hydrogens is 240 g/mol. The van der Waals surface area contributed by atoms with Crippen molar-refractivity contribution in [1.29, 1.82) is 5.53 Å². The summed E-state index contributed by atoms with van der Waals surface area (Å²) in [5.74, 6) is 0. The minimum Gasteiger partial charge on any atom is -0.413 e. The number of hydrogen-bond donors (Lipinski definition) is 1. The van der Waals surface area contributed by atoms with Crippen LogP contribution in [0.5, 0.6) is 0 Å². The SMILES string of the molecule is CC(C)(C)[Si](C)(C)OCc1ccc(CN=N)cc1. The van der Waals surface area contributed by atoms with Gasteiger partial charge in [-0.3, -0.25) is 0 Å². The van der Waals surface area contributed by atoms with Gasteiger partial charge in [0.25, 0.3) is 0 Å². The Bertz CT molecular complexity index is 393. The molecule has 0 aliphatic heterocycles. The van der Waals surface area contributed by atoms with Crippen LogP contribution in [0.1, 0.15) is 31.9 Å². The third-order valence-electron chi connectivity index (χ3n) is 3.69. The zero-order valence-corrected chi connectivity index (χ0v) is 13.1. The van der Waals surface area contributed by atoms with Gasteiger partial charge in [0, 0.05) is 0 Å². The Morgan fingerprint density at radius 1 is 1.11 bits per heavy atom. The first-order valence-electron chi connectivity index (χ1n) is 6.31. The van der Waals surface area contributed by atoms with Crippen molar-refractivity contribution in [2.75, 3.05) is 0 Å². The Morgan fingerprint density at radius 3 is 2.06 bits per heavy atom. The summed E-state index contributed by atoms with van der Waals surface area (Å²) in [6.07, 6.45) is 0. The maximum Gasteiger partial charge on any atom is 0.192 e. The van der Waals surface area contributed by atoms with Crippen LogP contribution in [0, 0.1) is 5.53 Å². The quantitative estimate of drug-likeness (QED) is 0.606. The minimum atomic E-state index is -1.66. The molecule has 0 aromatic heterocycles. The lowest BCUT2D eigenvalue weighted by Gasteiger charge is -2.36. The molecule has 0 saturated heterocycles. The number of nitrogens with one attached hydrogen (secondary N) is 1. The first kappa shape index (κ1) is 15.1. The van der Waals surface area contributed by atoms with Crippen molar-refractivity contribution in [1.82, 2.24) is 0 Å². The van der Waals surface area contributed by atoms with E-state index in [4.69, 9.17) is 9.96 Å². The average Bonchev–Trinajstić information content (AvgIpc) is 2.27. The van der Waals surface area contributed by atoms with Gasteiger partial charge in [-0.25, -0.2) is 5.53 Å². The molecule has 0 aliphatic carbocycles. The van der Waals surface area contributed by atoms with Gasteiger partial charge in [-0.15, -0.1) is 0 Å². The summed E-state index contributed by atoms with van der Waals surface area (Å²) in [4.78, 5) is 0. The van der Waals surface area contributed by atoms with E-state index in [9.17, 15) is 0 Å². The predicted molar refractivity (Wildman–Crippen MR) is 77.3 cm³/mol. The second-order valence-electron chi connectivity index (χ2n) is 6.18. The Hall–Kier alpha value is -1.00. The average molecular weight is 264 g/mol. The Labute approximate surface area is 111 Å². The van der Waals surface area contributed by atoms with Crippen molar-refractivity contribution in [2.45, 2.75) is 52.1 Å². The molecule has 0 bridgehead atoms. The van der Waals surface area contributed by atoms with Crippen LogP contribution >= 0.6 is 0 Å². The molecule has 0 spiro atoms. The van der Waals surface area contributed by atoms with Crippen molar-refractivity contribution >= 4 is 8.32 Å². The van der Waals surface area contributed by atoms with E-state index in [1.165, 1.54) is 5.56 Å². The normalized spacial score (nSPS) is 12.5. The minimum absolute atomic E-state index is 0.247. The van der Waals surface area contributed by atoms with Crippen LogP contribution in [-0.2, 0) is 17.6 Å². The number of hydrogen-bond acceptors (Lipinski definition) is 3. The fraction of sp³-hybridized carbons (Fsp3) is 0.571. The van der Waals surface area contributed by atoms with Gasteiger partial charge >= 0.3 is 0 Å². The van der Waals surface area contributed by atoms with Gasteiger partial charge < -0.3 is 4.43 Å². The van der Waals surface area contributed by atoms with E-state index in [1.54, 1.807) is 0 Å². The number of benzene rings is 1. The van der Waals surface area contributed by atoms with Gasteiger partial charge in [0.15, 0.2) is 8.32 Å². The highest BCUT2D eigenvalue weighted by Crippen LogP contribution is 2.37. The van der Waals surface area contributed by atoms with E-state index in [2.05, 4.69) is 51.1 Å². The lowest BCUT2D eigenvalue weighted by atomic mass is 10.1. The van der Waals surface area contributed by atoms with Crippen LogP contribution in [0.4, 0.5) is 0 Å². The van der Waals surface area contributed by atoms with Gasteiger partial charge in [0.1, 0.15) is 0 Å². The van der Waals surface area contributed by atoms with Crippen LogP contribution in [0.3, 0.4) is 0 Å². The molecule has 0 aliphatic rings. The largest absolute Gasteiger partial charge is 0.413 e. The van der Waals surface area contributed by atoms with E-state index >= 15 is 0 Å². The summed E-state index contributed by atoms with van der Waals surface area (Å²) in [6.45, 7) is 12.4. The number of nitrogens with zero attached hydrogens (tertiary/aromatic N) is 1. The highest BCUT2D eigenvalue weighted by molar-refractivity contribution is 6.74. The third-order valence-corrected chi connectivity index (χ3v) is 8.17. The van der Waals surface area contributed by atoms with Crippen LogP contribution < -0.4 is 0 Å². The zero-order valence-electron chi connectivity index (χ0n) is 12.1. The Morgan fingerprint density at radius 2 is 1.61 bits per heavy atom. The van der Waals surface area contributed by atoms with Crippen molar-refractivity contribution in [3.05, 3.63) is 35.4 Å². The molecule has 100 valence electrons. The van der Waals surface area contributed by atoms with Crippen LogP contribution in [-0.4, -0.2) is 8.32 Å². The second-order valence-corrected chi connectivity index (χ2v) is 11.0. The van der Waals surface area contributed by atoms with Gasteiger partial charge in [-0.1, -0.05) is 45.0 Å². The van der Waals surface area contributed by atoms with Gasteiger partial charge in [0.2, 0.25) is 0 Å². The van der Waals surface area contributed by atoms with E-state index in [0.717, 1.165) is 5.56 Å². The lowest BCUT2D eigenvalue weighted by Crippen LogP contribution is -2.40. The predicted octanol–water partition coefficient (Wildman–Crippen LogP) is 4.74. The Balaban J connectivity index is 2.61. The zero-order chi connectivity index (χ0) is 13.8. The highest BCUT2D eigenvalue weighted by atomic mass is 28.4. The van der Waals surface area contributed by atoms with Crippen molar-refractivity contribution in [2.24, 2.45) is 5.11 Å². The maximum absolute atomic E-state index is 6.83. The molecule has 0 saturated carbocycles. The molecule has 0 amide bonds. The summed E-state index contributed by atoms with van der Waals surface area (Å²) < 4.78 is 6.16. The summed E-state index contributed by atoms with van der Waals surface area (Å²) in [7, 11) is -1.66. The smallest absolute Gasteiger partial charge is 0.192 e. The van der Waals surface area contributed by atoms with Crippen molar-refractivity contribution < 1.29 is 4.43 Å². The van der Waals surface area contributed by atoms with Gasteiger partial charge in [-0.05, 0) is 29.3 Å². The molecule has 1 rings (SSSR count). The summed E-state index contributed by atoms with van der Waals surface area (Å²) in [5, 5.41) is 3.63. The van der Waals surface area contributed by atoms with Crippen LogP contribution in [0.15, 0.2) is 29.4 Å². The molecule has 1 aromatic rings. The van der Waals surface area contributed by atoms with Gasteiger partial charge in [0.05, 0.1) is 13.2 Å². The van der Waals surface area contributed by atoms with E-state index in [1.807, 2.05) is 12.1 Å². The third kappa shape index (κ3) is 4.03. The molecule has 1 N–H and O–H groups in total. The van der Waals surface area contributed by atoms with Crippen LogP contribution in [0.2, 0.25) is 18.1 Å². The number of rotatable bonds is 5. The standard InChI is InChI=1S/C14H24N2OSi/c1-14(2,3)18(4,5)17-11-13-8-6-12(7-9-13)10-16-15/h6-9,15H,10-11H2,1-5H3. The molecule has 0 fully saturated rings. The monoisotopic (exact) mass is 264 g/mol. The van der Waals surface area contributed by atoms with E-state index in [0.29, 0.717) is 13.2 Å². The second kappa shape index (κ2) is 5.76. The molecule has 3 nitrogen and oxygen atoms in total. The topological polar surface area (TPSA) is 45.4 Å². The summed E-state index contributed by atoms with van der Waals surface area (Å²) in [5.41, 5.74) is 9.09. The Kier molecular flexibility index (Phi) is 4.82. The van der Waals surface area contributed by atoms with E-state index < -0.39 is 8.32 Å². The summed E-state index contributed by atoms with van der Waals surface area (Å²) in [6, 6.07) is 8.16. The lowest BCUT2D eigenvalue weighted by molar-refractivity contribution is 0.276. The fourth-order valence-corrected chi connectivity index (χ4v) is 2.27. The molecule has 4 heteroatoms. The molecule has 0 unspecified atom stereocenters. The summed E-state index contributed by atoms with van der Waals surface area (Å²) >= 11 is 0. The van der Waals surface area contributed by atoms with E-state index in [-0.39, 0.29) is 5.04 Å². The van der Waals surface area contributed by atoms with Crippen molar-refractivity contribution in [3.63, 3.8) is 0 Å². The first-order chi connectivity index (χ1) is 8.26. The van der Waals surface area contributed by atoms with Gasteiger partial charge in [-0.2, -0.15) is 5.11 Å². The fourth-order valence-electron chi connectivity index (χ4n) is 1.31. The molecule has 0 atom stereocenters.